The van der Waals surface area contributed by atoms with E-state index in [2.05, 4.69) is 9.88 Å². The number of pyridine rings is 1. The number of hydrogen-bond donors (Lipinski definition) is 1. The quantitative estimate of drug-likeness (QED) is 0.492. The van der Waals surface area contributed by atoms with Gasteiger partial charge in [0.2, 0.25) is 5.88 Å². The fraction of sp³-hybridized carbons (Fsp3) is 0.520. The summed E-state index contributed by atoms with van der Waals surface area (Å²) in [7, 11) is 1.59. The third-order valence-corrected chi connectivity index (χ3v) is 6.64. The van der Waals surface area contributed by atoms with E-state index < -0.39 is 6.09 Å². The first-order chi connectivity index (χ1) is 16.7. The highest BCUT2D eigenvalue weighted by molar-refractivity contribution is 6.15. The molecule has 1 N–H and O–H groups in total. The number of aromatic nitrogens is 2. The largest absolute Gasteiger partial charge is 0.493 e. The van der Waals surface area contributed by atoms with Gasteiger partial charge in [0.05, 0.1) is 43.4 Å². The minimum absolute atomic E-state index is 0.0183. The molecule has 0 unspecified atom stereocenters. The van der Waals surface area contributed by atoms with Crippen LogP contribution in [-0.4, -0.2) is 78.3 Å². The lowest BCUT2D eigenvalue weighted by atomic mass is 10.1. The number of carboxylic acid groups (broad SMARTS) is 1. The number of methoxy groups -OCH3 is 1. The molecule has 4 heterocycles. The van der Waals surface area contributed by atoms with Crippen molar-refractivity contribution in [2.75, 3.05) is 46.6 Å². The van der Waals surface area contributed by atoms with E-state index in [4.69, 9.17) is 18.9 Å². The van der Waals surface area contributed by atoms with Gasteiger partial charge in [-0.1, -0.05) is 0 Å². The first kappa shape index (κ1) is 22.7. The molecule has 0 radical (unpaired) electrons. The van der Waals surface area contributed by atoms with Crippen molar-refractivity contribution in [1.82, 2.24) is 14.5 Å². The molecule has 0 spiro atoms. The van der Waals surface area contributed by atoms with Crippen LogP contribution in [0.25, 0.3) is 21.8 Å². The van der Waals surface area contributed by atoms with Gasteiger partial charge in [-0.15, -0.1) is 0 Å². The number of rotatable bonds is 8. The summed E-state index contributed by atoms with van der Waals surface area (Å²) in [5, 5.41) is 11.4. The summed E-state index contributed by atoms with van der Waals surface area (Å²) in [5.41, 5.74) is 1.04. The minimum Gasteiger partial charge on any atom is -0.493 e. The maximum Gasteiger partial charge on any atom is 0.416 e. The lowest BCUT2D eigenvalue weighted by molar-refractivity contribution is 0.0244. The number of ether oxygens (including phenoxy) is 4. The summed E-state index contributed by atoms with van der Waals surface area (Å²) in [5.74, 6) is 1.51. The van der Waals surface area contributed by atoms with Crippen molar-refractivity contribution >= 4 is 27.9 Å². The maximum absolute atomic E-state index is 12.3. The van der Waals surface area contributed by atoms with Gasteiger partial charge in [0.15, 0.2) is 11.5 Å². The third kappa shape index (κ3) is 4.50. The van der Waals surface area contributed by atoms with Crippen molar-refractivity contribution in [1.29, 1.82) is 0 Å². The summed E-state index contributed by atoms with van der Waals surface area (Å²) in [4.78, 5) is 19.2. The summed E-state index contributed by atoms with van der Waals surface area (Å²) >= 11 is 0. The smallest absolute Gasteiger partial charge is 0.416 e. The highest BCUT2D eigenvalue weighted by atomic mass is 16.5. The van der Waals surface area contributed by atoms with Crippen LogP contribution in [0.4, 0.5) is 4.79 Å². The van der Waals surface area contributed by atoms with Crippen LogP contribution in [0.3, 0.4) is 0 Å². The summed E-state index contributed by atoms with van der Waals surface area (Å²) in [6, 6.07) is 5.27. The number of carbonyl (C=O) groups is 1. The van der Waals surface area contributed by atoms with Crippen LogP contribution >= 0.6 is 0 Å². The summed E-state index contributed by atoms with van der Waals surface area (Å²) in [6.07, 6.45) is 5.46. The molecule has 2 aliphatic heterocycles. The van der Waals surface area contributed by atoms with Gasteiger partial charge in [-0.25, -0.2) is 14.3 Å². The topological polar surface area (TPSA) is 95.3 Å². The number of nitrogens with zero attached hydrogens (tertiary/aromatic N) is 3. The molecule has 9 heteroatoms. The van der Waals surface area contributed by atoms with Crippen LogP contribution in [0.15, 0.2) is 24.4 Å². The number of likely N-dealkylation sites (tertiary alicyclic amines) is 1. The maximum atomic E-state index is 12.3. The van der Waals surface area contributed by atoms with Crippen LogP contribution in [0.5, 0.6) is 17.4 Å². The van der Waals surface area contributed by atoms with Crippen LogP contribution in [0, 0.1) is 0 Å². The van der Waals surface area contributed by atoms with Gasteiger partial charge >= 0.3 is 6.09 Å². The Morgan fingerprint density at radius 2 is 1.97 bits per heavy atom. The predicted molar refractivity (Wildman–Crippen MR) is 127 cm³/mol. The molecule has 1 aromatic carbocycles. The first-order valence-electron chi connectivity index (χ1n) is 12.0. The molecular formula is C25H31N3O6. The fourth-order valence-corrected chi connectivity index (χ4v) is 4.93. The van der Waals surface area contributed by atoms with Crippen molar-refractivity contribution in [2.24, 2.45) is 0 Å². The van der Waals surface area contributed by atoms with E-state index in [-0.39, 0.29) is 6.10 Å². The standard InChI is InChI=1S/C25H31N3O6/c1-31-21-15-18-20(16-22(21)33-12-4-11-27-9-2-3-10-27)28(25(29)30)19-5-8-26-24(23(18)19)34-17-6-13-32-14-7-17/h5,8,15-17H,2-4,6-7,9-14H2,1H3,(H,29,30). The lowest BCUT2D eigenvalue weighted by Crippen LogP contribution is -2.26. The van der Waals surface area contributed by atoms with E-state index in [0.717, 1.165) is 38.9 Å². The molecule has 2 fully saturated rings. The fourth-order valence-electron chi connectivity index (χ4n) is 4.93. The van der Waals surface area contributed by atoms with Crippen molar-refractivity contribution in [3.63, 3.8) is 0 Å². The van der Waals surface area contributed by atoms with Crippen LogP contribution < -0.4 is 14.2 Å². The van der Waals surface area contributed by atoms with Crippen molar-refractivity contribution in [2.45, 2.75) is 38.2 Å². The molecule has 0 amide bonds. The number of hydrogen-bond acceptors (Lipinski definition) is 7. The molecule has 2 saturated heterocycles. The van der Waals surface area contributed by atoms with Crippen molar-refractivity contribution < 1.29 is 28.8 Å². The molecule has 0 saturated carbocycles. The van der Waals surface area contributed by atoms with Crippen LogP contribution in [0.2, 0.25) is 0 Å². The Labute approximate surface area is 198 Å². The summed E-state index contributed by atoms with van der Waals surface area (Å²) < 4.78 is 24.6. The van der Waals surface area contributed by atoms with E-state index in [0.29, 0.717) is 59.0 Å². The average Bonchev–Trinajstić information content (AvgIpc) is 3.48. The van der Waals surface area contributed by atoms with Gasteiger partial charge in [0.25, 0.3) is 0 Å². The second-order valence-corrected chi connectivity index (χ2v) is 8.83. The van der Waals surface area contributed by atoms with Gasteiger partial charge < -0.3 is 29.0 Å². The molecule has 2 aromatic heterocycles. The van der Waals surface area contributed by atoms with E-state index >= 15 is 0 Å². The molecular weight excluding hydrogens is 438 g/mol. The second-order valence-electron chi connectivity index (χ2n) is 8.83. The van der Waals surface area contributed by atoms with Gasteiger partial charge in [-0.05, 0) is 44.5 Å². The van der Waals surface area contributed by atoms with Crippen LogP contribution in [0.1, 0.15) is 32.1 Å². The zero-order valence-electron chi connectivity index (χ0n) is 19.5. The Morgan fingerprint density at radius 1 is 1.18 bits per heavy atom. The molecule has 0 aliphatic carbocycles. The number of fused-ring (bicyclic) bond motifs is 3. The monoisotopic (exact) mass is 469 g/mol. The van der Waals surface area contributed by atoms with Gasteiger partial charge in [0, 0.05) is 37.0 Å². The van der Waals surface area contributed by atoms with Crippen molar-refractivity contribution in [3.8, 4) is 17.4 Å². The average molecular weight is 470 g/mol. The molecule has 34 heavy (non-hydrogen) atoms. The Kier molecular flexibility index (Phi) is 6.73. The molecule has 3 aromatic rings. The number of benzene rings is 1. The predicted octanol–water partition coefficient (Wildman–Crippen LogP) is 4.15. The minimum atomic E-state index is -1.08. The van der Waals surface area contributed by atoms with Gasteiger partial charge in [0.1, 0.15) is 6.10 Å². The second kappa shape index (κ2) is 10.1. The highest BCUT2D eigenvalue weighted by Crippen LogP contribution is 2.41. The Hall–Kier alpha value is -3.04. The molecule has 0 atom stereocenters. The normalized spacial score (nSPS) is 17.4. The molecule has 5 rings (SSSR count). The van der Waals surface area contributed by atoms with E-state index in [1.165, 1.54) is 17.4 Å². The van der Waals surface area contributed by atoms with E-state index in [1.807, 2.05) is 6.07 Å². The highest BCUT2D eigenvalue weighted by Gasteiger charge is 2.24. The Morgan fingerprint density at radius 3 is 2.71 bits per heavy atom. The SMILES string of the molecule is COc1cc2c3c(OC4CCOCC4)nccc3n(C(=O)O)c2cc1OCCCN1CCCC1. The molecule has 9 nitrogen and oxygen atoms in total. The Balaban J connectivity index is 1.49. The van der Waals surface area contributed by atoms with Crippen LogP contribution in [-0.2, 0) is 4.74 Å². The molecule has 182 valence electrons. The molecule has 2 aliphatic rings. The summed E-state index contributed by atoms with van der Waals surface area (Å²) in [6.45, 7) is 5.12. The van der Waals surface area contributed by atoms with E-state index in [9.17, 15) is 9.90 Å². The first-order valence-corrected chi connectivity index (χ1v) is 12.0. The third-order valence-electron chi connectivity index (χ3n) is 6.64. The van der Waals surface area contributed by atoms with E-state index in [1.54, 1.807) is 25.4 Å². The Bertz CT molecular complexity index is 1160. The van der Waals surface area contributed by atoms with Crippen molar-refractivity contribution in [3.05, 3.63) is 24.4 Å². The van der Waals surface area contributed by atoms with Gasteiger partial charge in [-0.3, -0.25) is 0 Å². The zero-order chi connectivity index (χ0) is 23.5. The van der Waals surface area contributed by atoms with Gasteiger partial charge in [-0.2, -0.15) is 0 Å². The molecule has 0 bridgehead atoms. The zero-order valence-corrected chi connectivity index (χ0v) is 19.5. The lowest BCUT2D eigenvalue weighted by Gasteiger charge is -2.23.